The molecule has 0 aliphatic carbocycles. The van der Waals surface area contributed by atoms with Crippen molar-refractivity contribution in [3.8, 4) is 11.3 Å². The van der Waals surface area contributed by atoms with Crippen LogP contribution in [-0.4, -0.2) is 15.6 Å². The molecule has 1 aromatic carbocycles. The van der Waals surface area contributed by atoms with E-state index in [2.05, 4.69) is 0 Å². The van der Waals surface area contributed by atoms with E-state index in [0.29, 0.717) is 26.3 Å². The van der Waals surface area contributed by atoms with E-state index in [1.807, 2.05) is 13.8 Å². The van der Waals surface area contributed by atoms with Crippen molar-refractivity contribution in [3.63, 3.8) is 0 Å². The summed E-state index contributed by atoms with van der Waals surface area (Å²) < 4.78 is 1.70. The number of carboxylic acid groups (broad SMARTS) is 1. The predicted molar refractivity (Wildman–Crippen MR) is 82.2 cm³/mol. The zero-order valence-corrected chi connectivity index (χ0v) is 13.1. The molecule has 106 valence electrons. The molecule has 6 heteroatoms. The van der Waals surface area contributed by atoms with Crippen LogP contribution in [0.15, 0.2) is 24.3 Å². The van der Waals surface area contributed by atoms with Gasteiger partial charge in [0.1, 0.15) is 5.69 Å². The lowest BCUT2D eigenvalue weighted by atomic mass is 10.1. The number of hydrogen-bond acceptors (Lipinski definition) is 1. The van der Waals surface area contributed by atoms with Gasteiger partial charge in [-0.15, -0.1) is 0 Å². The number of aromatic carboxylic acids is 1. The molecular weight excluding hydrogens is 321 g/mol. The van der Waals surface area contributed by atoms with Gasteiger partial charge in [0, 0.05) is 11.6 Å². The number of halogens is 3. The molecule has 1 N–H and O–H groups in total. The van der Waals surface area contributed by atoms with Crippen molar-refractivity contribution in [3.05, 3.63) is 45.0 Å². The number of benzene rings is 1. The fraction of sp³-hybridized carbons (Fsp3) is 0.214. The number of hydrogen-bond donors (Lipinski definition) is 1. The second-order valence-electron chi connectivity index (χ2n) is 4.62. The van der Waals surface area contributed by atoms with Gasteiger partial charge in [0.15, 0.2) is 0 Å². The van der Waals surface area contributed by atoms with E-state index in [-0.39, 0.29) is 11.7 Å². The highest BCUT2D eigenvalue weighted by Crippen LogP contribution is 2.37. The lowest BCUT2D eigenvalue weighted by Gasteiger charge is -2.16. The lowest BCUT2D eigenvalue weighted by molar-refractivity contribution is 0.0683. The van der Waals surface area contributed by atoms with Crippen molar-refractivity contribution in [2.75, 3.05) is 0 Å². The summed E-state index contributed by atoms with van der Waals surface area (Å²) in [5, 5.41) is 10.4. The molecule has 0 aliphatic heterocycles. The highest BCUT2D eigenvalue weighted by molar-refractivity contribution is 6.44. The van der Waals surface area contributed by atoms with E-state index in [9.17, 15) is 9.90 Å². The maximum atomic E-state index is 11.3. The van der Waals surface area contributed by atoms with Gasteiger partial charge in [-0.2, -0.15) is 0 Å². The van der Waals surface area contributed by atoms with Crippen LogP contribution < -0.4 is 0 Å². The number of nitrogens with zero attached hydrogens (tertiary/aromatic N) is 1. The van der Waals surface area contributed by atoms with Gasteiger partial charge in [0.05, 0.1) is 20.8 Å². The summed E-state index contributed by atoms with van der Waals surface area (Å²) in [6.07, 6.45) is 0. The quantitative estimate of drug-likeness (QED) is 0.765. The van der Waals surface area contributed by atoms with Crippen LogP contribution in [-0.2, 0) is 0 Å². The Morgan fingerprint density at radius 1 is 1.10 bits per heavy atom. The third kappa shape index (κ3) is 2.66. The molecule has 0 spiro atoms. The van der Waals surface area contributed by atoms with Crippen molar-refractivity contribution >= 4 is 40.8 Å². The zero-order valence-electron chi connectivity index (χ0n) is 10.8. The van der Waals surface area contributed by atoms with E-state index in [4.69, 9.17) is 34.8 Å². The Morgan fingerprint density at radius 3 is 2.25 bits per heavy atom. The van der Waals surface area contributed by atoms with Gasteiger partial charge in [-0.05, 0) is 38.1 Å². The van der Waals surface area contributed by atoms with Crippen LogP contribution in [0.4, 0.5) is 0 Å². The van der Waals surface area contributed by atoms with Crippen LogP contribution in [0, 0.1) is 0 Å². The van der Waals surface area contributed by atoms with Gasteiger partial charge >= 0.3 is 5.97 Å². The normalized spacial score (nSPS) is 11.1. The molecule has 3 nitrogen and oxygen atoms in total. The summed E-state index contributed by atoms with van der Waals surface area (Å²) in [5.41, 5.74) is 1.56. The van der Waals surface area contributed by atoms with E-state index in [0.717, 1.165) is 0 Å². The Balaban J connectivity index is 2.70. The van der Waals surface area contributed by atoms with Gasteiger partial charge in [-0.1, -0.05) is 34.8 Å². The highest BCUT2D eigenvalue weighted by Gasteiger charge is 2.19. The van der Waals surface area contributed by atoms with Crippen LogP contribution >= 0.6 is 34.8 Å². The third-order valence-corrected chi connectivity index (χ3v) is 3.97. The fourth-order valence-corrected chi connectivity index (χ4v) is 2.76. The molecule has 0 amide bonds. The standard InChI is InChI=1S/C14H12Cl3NO2/c1-7(2)18-12(3-4-13(18)14(19)20)8-5-10(16)11(17)6-9(8)15/h3-7H,1-2H3,(H,19,20). The highest BCUT2D eigenvalue weighted by atomic mass is 35.5. The van der Waals surface area contributed by atoms with Crippen molar-refractivity contribution in [1.82, 2.24) is 4.57 Å². The molecule has 0 atom stereocenters. The summed E-state index contributed by atoms with van der Waals surface area (Å²) in [7, 11) is 0. The minimum Gasteiger partial charge on any atom is -0.477 e. The molecule has 2 rings (SSSR count). The number of rotatable bonds is 3. The smallest absolute Gasteiger partial charge is 0.352 e. The molecule has 0 unspecified atom stereocenters. The Labute approximate surface area is 131 Å². The Hall–Kier alpha value is -1.16. The molecule has 0 saturated heterocycles. The van der Waals surface area contributed by atoms with Crippen LogP contribution in [0.1, 0.15) is 30.4 Å². The van der Waals surface area contributed by atoms with Gasteiger partial charge in [-0.25, -0.2) is 4.79 Å². The minimum absolute atomic E-state index is 0.0309. The molecule has 0 saturated carbocycles. The van der Waals surface area contributed by atoms with Crippen LogP contribution in [0.5, 0.6) is 0 Å². The van der Waals surface area contributed by atoms with E-state index in [1.54, 1.807) is 28.8 Å². The Morgan fingerprint density at radius 2 is 1.70 bits per heavy atom. The summed E-state index contributed by atoms with van der Waals surface area (Å²) >= 11 is 18.1. The summed E-state index contributed by atoms with van der Waals surface area (Å²) in [5.74, 6) is -0.985. The molecule has 1 aromatic heterocycles. The Kier molecular flexibility index (Phi) is 4.33. The topological polar surface area (TPSA) is 42.2 Å². The average Bonchev–Trinajstić information content (AvgIpc) is 2.78. The number of carbonyl (C=O) groups is 1. The van der Waals surface area contributed by atoms with Gasteiger partial charge in [0.25, 0.3) is 0 Å². The first-order chi connectivity index (χ1) is 9.32. The Bertz CT molecular complexity index is 677. The molecular formula is C14H12Cl3NO2. The van der Waals surface area contributed by atoms with Crippen molar-refractivity contribution < 1.29 is 9.90 Å². The lowest BCUT2D eigenvalue weighted by Crippen LogP contribution is -2.11. The molecule has 0 aliphatic rings. The number of carboxylic acids is 1. The monoisotopic (exact) mass is 331 g/mol. The molecule has 20 heavy (non-hydrogen) atoms. The van der Waals surface area contributed by atoms with E-state index in [1.165, 1.54) is 0 Å². The molecule has 0 fully saturated rings. The molecule has 0 radical (unpaired) electrons. The van der Waals surface area contributed by atoms with Gasteiger partial charge < -0.3 is 9.67 Å². The largest absolute Gasteiger partial charge is 0.477 e. The van der Waals surface area contributed by atoms with E-state index < -0.39 is 5.97 Å². The van der Waals surface area contributed by atoms with Crippen molar-refractivity contribution in [2.45, 2.75) is 19.9 Å². The SMILES string of the molecule is CC(C)n1c(C(=O)O)ccc1-c1cc(Cl)c(Cl)cc1Cl. The van der Waals surface area contributed by atoms with Crippen molar-refractivity contribution in [1.29, 1.82) is 0 Å². The summed E-state index contributed by atoms with van der Waals surface area (Å²) in [6, 6.07) is 6.44. The maximum Gasteiger partial charge on any atom is 0.352 e. The van der Waals surface area contributed by atoms with E-state index >= 15 is 0 Å². The van der Waals surface area contributed by atoms with Crippen molar-refractivity contribution in [2.24, 2.45) is 0 Å². The molecule has 2 aromatic rings. The first kappa shape index (κ1) is 15.2. The summed E-state index contributed by atoms with van der Waals surface area (Å²) in [4.78, 5) is 11.3. The minimum atomic E-state index is -0.985. The first-order valence-corrected chi connectivity index (χ1v) is 7.05. The average molecular weight is 333 g/mol. The molecule has 0 bridgehead atoms. The predicted octanol–water partition coefficient (Wildman–Crippen LogP) is 5.39. The number of aromatic nitrogens is 1. The van der Waals surface area contributed by atoms with Gasteiger partial charge in [0.2, 0.25) is 0 Å². The van der Waals surface area contributed by atoms with Crippen LogP contribution in [0.2, 0.25) is 15.1 Å². The molecule has 1 heterocycles. The third-order valence-electron chi connectivity index (χ3n) is 2.94. The van der Waals surface area contributed by atoms with Crippen LogP contribution in [0.25, 0.3) is 11.3 Å². The maximum absolute atomic E-state index is 11.3. The zero-order chi connectivity index (χ0) is 15.0. The second kappa shape index (κ2) is 5.68. The fourth-order valence-electron chi connectivity index (χ4n) is 2.12. The summed E-state index contributed by atoms with van der Waals surface area (Å²) in [6.45, 7) is 3.81. The van der Waals surface area contributed by atoms with Gasteiger partial charge in [-0.3, -0.25) is 0 Å². The second-order valence-corrected chi connectivity index (χ2v) is 5.84. The van der Waals surface area contributed by atoms with Crippen LogP contribution in [0.3, 0.4) is 0 Å². The first-order valence-electron chi connectivity index (χ1n) is 5.92.